The zero-order chi connectivity index (χ0) is 7.61. The van der Waals surface area contributed by atoms with E-state index in [1.165, 1.54) is 12.3 Å². The summed E-state index contributed by atoms with van der Waals surface area (Å²) >= 11 is 0. The molecule has 1 N–H and O–H groups in total. The molecule has 0 bridgehead atoms. The third-order valence-electron chi connectivity index (χ3n) is 0.893. The van der Waals surface area contributed by atoms with Crippen molar-refractivity contribution in [2.75, 3.05) is 0 Å². The van der Waals surface area contributed by atoms with Crippen molar-refractivity contribution in [2.45, 2.75) is 4.90 Å². The van der Waals surface area contributed by atoms with Crippen LogP contribution in [0.25, 0.3) is 0 Å². The van der Waals surface area contributed by atoms with Gasteiger partial charge in [0, 0.05) is 6.20 Å². The third kappa shape index (κ3) is 1.52. The van der Waals surface area contributed by atoms with E-state index in [9.17, 15) is 8.42 Å². The first-order chi connectivity index (χ1) is 4.61. The lowest BCUT2D eigenvalue weighted by molar-refractivity contribution is 0.483. The van der Waals surface area contributed by atoms with E-state index in [1.54, 1.807) is 0 Å². The van der Waals surface area contributed by atoms with E-state index < -0.39 is 10.1 Å². The van der Waals surface area contributed by atoms with Crippen LogP contribution in [0.1, 0.15) is 0 Å². The highest BCUT2D eigenvalue weighted by Gasteiger charge is 2.06. The zero-order valence-corrected chi connectivity index (χ0v) is 5.67. The van der Waals surface area contributed by atoms with Crippen molar-refractivity contribution in [3.63, 3.8) is 0 Å². The lowest BCUT2D eigenvalue weighted by Gasteiger charge is -1.91. The zero-order valence-electron chi connectivity index (χ0n) is 4.85. The van der Waals surface area contributed by atoms with Crippen molar-refractivity contribution in [1.29, 1.82) is 0 Å². The van der Waals surface area contributed by atoms with E-state index in [-0.39, 0.29) is 4.90 Å². The highest BCUT2D eigenvalue weighted by molar-refractivity contribution is 7.85. The van der Waals surface area contributed by atoms with Gasteiger partial charge in [0.05, 0.1) is 11.1 Å². The highest BCUT2D eigenvalue weighted by Crippen LogP contribution is 2.03. The summed E-state index contributed by atoms with van der Waals surface area (Å²) in [5.41, 5.74) is 0. The van der Waals surface area contributed by atoms with Crippen LogP contribution in [0.3, 0.4) is 0 Å². The summed E-state index contributed by atoms with van der Waals surface area (Å²) in [6, 6.07) is 2.28. The van der Waals surface area contributed by atoms with Gasteiger partial charge in [0.1, 0.15) is 0 Å². The van der Waals surface area contributed by atoms with Crippen LogP contribution in [0.15, 0.2) is 23.2 Å². The standard InChI is InChI=1S/C5H4NO3S/c7-10(8,9)5-1-3-6-4-2-5/h1-3H,(H,7,8,9). The van der Waals surface area contributed by atoms with E-state index in [0.29, 0.717) is 0 Å². The fourth-order valence-electron chi connectivity index (χ4n) is 0.463. The second-order valence-corrected chi connectivity index (χ2v) is 3.02. The summed E-state index contributed by atoms with van der Waals surface area (Å²) in [6.07, 6.45) is 3.52. The number of aromatic nitrogens is 1. The molecule has 0 unspecified atom stereocenters. The topological polar surface area (TPSA) is 67.3 Å². The first kappa shape index (κ1) is 7.17. The van der Waals surface area contributed by atoms with E-state index >= 15 is 0 Å². The molecule has 0 saturated heterocycles. The molecule has 0 amide bonds. The molecular weight excluding hydrogens is 154 g/mol. The van der Waals surface area contributed by atoms with Gasteiger partial charge < -0.3 is 0 Å². The monoisotopic (exact) mass is 158 g/mol. The van der Waals surface area contributed by atoms with Crippen molar-refractivity contribution >= 4 is 10.1 Å². The number of hydrogen-bond acceptors (Lipinski definition) is 3. The van der Waals surface area contributed by atoms with Crippen LogP contribution in [-0.4, -0.2) is 18.0 Å². The molecule has 1 heterocycles. The Morgan fingerprint density at radius 1 is 1.60 bits per heavy atom. The minimum Gasteiger partial charge on any atom is -0.282 e. The van der Waals surface area contributed by atoms with Gasteiger partial charge >= 0.3 is 0 Å². The van der Waals surface area contributed by atoms with Gasteiger partial charge in [-0.2, -0.15) is 8.42 Å². The van der Waals surface area contributed by atoms with Crippen molar-refractivity contribution in [3.8, 4) is 0 Å². The summed E-state index contributed by atoms with van der Waals surface area (Å²) in [7, 11) is -4.07. The molecule has 0 atom stereocenters. The second kappa shape index (κ2) is 2.36. The minimum absolute atomic E-state index is 0.192. The average molecular weight is 158 g/mol. The summed E-state index contributed by atoms with van der Waals surface area (Å²) in [5.74, 6) is 0. The number of rotatable bonds is 1. The Hall–Kier alpha value is -0.940. The van der Waals surface area contributed by atoms with Crippen molar-refractivity contribution in [3.05, 3.63) is 24.5 Å². The molecule has 0 fully saturated rings. The van der Waals surface area contributed by atoms with Crippen LogP contribution in [0.2, 0.25) is 0 Å². The quantitative estimate of drug-likeness (QED) is 0.590. The summed E-state index contributed by atoms with van der Waals surface area (Å²) in [5, 5.41) is 0. The fraction of sp³-hybridized carbons (Fsp3) is 0. The predicted octanol–water partition coefficient (Wildman–Crippen LogP) is 0.128. The normalized spacial score (nSPS) is 11.3. The second-order valence-electron chi connectivity index (χ2n) is 1.60. The van der Waals surface area contributed by atoms with Crippen LogP contribution in [-0.2, 0) is 10.1 Å². The first-order valence-electron chi connectivity index (χ1n) is 2.40. The van der Waals surface area contributed by atoms with E-state index in [0.717, 1.165) is 6.07 Å². The molecule has 1 radical (unpaired) electrons. The van der Waals surface area contributed by atoms with Crippen molar-refractivity contribution < 1.29 is 13.0 Å². The van der Waals surface area contributed by atoms with E-state index in [4.69, 9.17) is 4.55 Å². The largest absolute Gasteiger partial charge is 0.294 e. The molecule has 1 aromatic rings. The molecule has 1 aromatic heterocycles. The molecule has 10 heavy (non-hydrogen) atoms. The van der Waals surface area contributed by atoms with Gasteiger partial charge in [-0.05, 0) is 12.1 Å². The lowest BCUT2D eigenvalue weighted by Crippen LogP contribution is -1.97. The molecule has 0 aliphatic rings. The van der Waals surface area contributed by atoms with Gasteiger partial charge in [-0.15, -0.1) is 0 Å². The maximum absolute atomic E-state index is 10.3. The van der Waals surface area contributed by atoms with Gasteiger partial charge in [0.2, 0.25) is 0 Å². The lowest BCUT2D eigenvalue weighted by atomic mass is 10.5. The average Bonchev–Trinajstić information content (AvgIpc) is 1.88. The Bertz CT molecular complexity index is 305. The van der Waals surface area contributed by atoms with Crippen LogP contribution in [0.5, 0.6) is 0 Å². The van der Waals surface area contributed by atoms with Crippen molar-refractivity contribution in [2.24, 2.45) is 0 Å². The van der Waals surface area contributed by atoms with Gasteiger partial charge in [-0.3, -0.25) is 9.54 Å². The van der Waals surface area contributed by atoms with Crippen molar-refractivity contribution in [1.82, 2.24) is 4.98 Å². The molecule has 53 valence electrons. The smallest absolute Gasteiger partial charge is 0.282 e. The summed E-state index contributed by atoms with van der Waals surface area (Å²) < 4.78 is 29.1. The molecule has 0 aliphatic heterocycles. The molecule has 0 aromatic carbocycles. The maximum Gasteiger partial charge on any atom is 0.294 e. The van der Waals surface area contributed by atoms with Gasteiger partial charge in [-0.1, -0.05) is 0 Å². The predicted molar refractivity (Wildman–Crippen MR) is 32.9 cm³/mol. The Kier molecular flexibility index (Phi) is 1.69. The minimum atomic E-state index is -4.07. The molecular formula is C5H4NO3S. The summed E-state index contributed by atoms with van der Waals surface area (Å²) in [6.45, 7) is 0. The SMILES string of the molecule is O=S(=O)(O)c1c[c]ncc1. The fourth-order valence-corrected chi connectivity index (χ4v) is 0.898. The van der Waals surface area contributed by atoms with Crippen LogP contribution in [0, 0.1) is 6.20 Å². The van der Waals surface area contributed by atoms with Gasteiger partial charge in [0.15, 0.2) is 0 Å². The van der Waals surface area contributed by atoms with E-state index in [1.807, 2.05) is 0 Å². The maximum atomic E-state index is 10.3. The summed E-state index contributed by atoms with van der Waals surface area (Å²) in [4.78, 5) is 3.27. The molecule has 0 aliphatic carbocycles. The number of nitrogens with zero attached hydrogens (tertiary/aromatic N) is 1. The van der Waals surface area contributed by atoms with Gasteiger partial charge in [0.25, 0.3) is 10.1 Å². The molecule has 0 saturated carbocycles. The number of pyridine rings is 1. The Morgan fingerprint density at radius 3 is 2.60 bits per heavy atom. The molecule has 1 rings (SSSR count). The van der Waals surface area contributed by atoms with Crippen LogP contribution in [0.4, 0.5) is 0 Å². The third-order valence-corrected chi connectivity index (χ3v) is 1.74. The van der Waals surface area contributed by atoms with E-state index in [2.05, 4.69) is 11.2 Å². The van der Waals surface area contributed by atoms with Crippen LogP contribution < -0.4 is 0 Å². The highest BCUT2D eigenvalue weighted by atomic mass is 32.2. The molecule has 5 heteroatoms. The number of hydrogen-bond donors (Lipinski definition) is 1. The van der Waals surface area contributed by atoms with Crippen LogP contribution >= 0.6 is 0 Å². The Labute approximate surface area is 58.3 Å². The molecule has 0 spiro atoms. The Balaban J connectivity index is 3.22. The van der Waals surface area contributed by atoms with Gasteiger partial charge in [-0.25, -0.2) is 0 Å². The Morgan fingerprint density at radius 2 is 2.30 bits per heavy atom. The molecule has 4 nitrogen and oxygen atoms in total. The first-order valence-corrected chi connectivity index (χ1v) is 3.84.